The number of ether oxygens (including phenoxy) is 1. The van der Waals surface area contributed by atoms with Crippen LogP contribution in [-0.2, 0) is 9.59 Å². The standard InChI is InChI=1S/C28H34F2N6O4/c29-28(30)13-20(15-32)36(17-28)24(37)16-35-27(39)22-9-11-33-25-21(22)3-1-4-23(25)40-12-2-10-34-26(38)19-7-5-18(14-31)6-8-19/h1,3-4,9,11,18-20H,2,5-8,10,12-14,16-17,31H2,(H,34,38)(H,35,39)/t18?,19?,20-/m0/s1. The largest absolute Gasteiger partial charge is 0.491 e. The van der Waals surface area contributed by atoms with Gasteiger partial charge < -0.3 is 26.0 Å². The molecule has 40 heavy (non-hydrogen) atoms. The molecule has 12 heteroatoms. The van der Waals surface area contributed by atoms with E-state index in [-0.39, 0.29) is 17.4 Å². The highest BCUT2D eigenvalue weighted by Crippen LogP contribution is 2.32. The van der Waals surface area contributed by atoms with Gasteiger partial charge in [0.1, 0.15) is 17.3 Å². The molecule has 0 spiro atoms. The van der Waals surface area contributed by atoms with Crippen LogP contribution in [0.2, 0.25) is 0 Å². The lowest BCUT2D eigenvalue weighted by Gasteiger charge is -2.26. The Hall–Kier alpha value is -3.85. The molecule has 1 saturated heterocycles. The van der Waals surface area contributed by atoms with Crippen LogP contribution in [0, 0.1) is 23.2 Å². The Kier molecular flexibility index (Phi) is 9.47. The summed E-state index contributed by atoms with van der Waals surface area (Å²) in [7, 11) is 0. The van der Waals surface area contributed by atoms with Crippen LogP contribution >= 0.6 is 0 Å². The molecule has 3 amide bonds. The highest BCUT2D eigenvalue weighted by Gasteiger charge is 2.47. The first kappa shape index (κ1) is 29.1. The Morgan fingerprint density at radius 3 is 2.67 bits per heavy atom. The predicted octanol–water partition coefficient (Wildman–Crippen LogP) is 2.37. The number of aromatic nitrogens is 1. The third kappa shape index (κ3) is 7.01. The summed E-state index contributed by atoms with van der Waals surface area (Å²) >= 11 is 0. The molecule has 1 atom stereocenters. The summed E-state index contributed by atoms with van der Waals surface area (Å²) in [5, 5.41) is 15.0. The number of rotatable bonds is 10. The molecule has 2 heterocycles. The molecule has 0 unspecified atom stereocenters. The number of pyridine rings is 1. The number of para-hydroxylation sites is 1. The number of alkyl halides is 2. The Balaban J connectivity index is 1.28. The fourth-order valence-electron chi connectivity index (χ4n) is 5.28. The van der Waals surface area contributed by atoms with Crippen LogP contribution in [0.3, 0.4) is 0 Å². The van der Waals surface area contributed by atoms with E-state index >= 15 is 0 Å². The van der Waals surface area contributed by atoms with Crippen molar-refractivity contribution in [3.8, 4) is 11.8 Å². The number of hydrogen-bond donors (Lipinski definition) is 3. The molecule has 2 fully saturated rings. The topological polar surface area (TPSA) is 150 Å². The van der Waals surface area contributed by atoms with Crippen molar-refractivity contribution < 1.29 is 27.9 Å². The molecule has 0 bridgehead atoms. The van der Waals surface area contributed by atoms with Crippen molar-refractivity contribution in [2.75, 3.05) is 32.8 Å². The summed E-state index contributed by atoms with van der Waals surface area (Å²) in [5.41, 5.74) is 6.41. The molecule has 10 nitrogen and oxygen atoms in total. The highest BCUT2D eigenvalue weighted by molar-refractivity contribution is 6.07. The van der Waals surface area contributed by atoms with Crippen molar-refractivity contribution in [2.24, 2.45) is 17.6 Å². The molecule has 1 saturated carbocycles. The summed E-state index contributed by atoms with van der Waals surface area (Å²) in [6, 6.07) is 7.11. The number of carbonyl (C=O) groups is 3. The molecule has 1 aliphatic carbocycles. The van der Waals surface area contributed by atoms with Gasteiger partial charge in [-0.25, -0.2) is 8.78 Å². The number of nitrogens with two attached hydrogens (primary N) is 1. The first-order valence-corrected chi connectivity index (χ1v) is 13.6. The zero-order chi connectivity index (χ0) is 28.7. The van der Waals surface area contributed by atoms with E-state index < -0.39 is 43.3 Å². The minimum absolute atomic E-state index is 0.0370. The number of amides is 3. The van der Waals surface area contributed by atoms with Crippen molar-refractivity contribution >= 4 is 28.6 Å². The summed E-state index contributed by atoms with van der Waals surface area (Å²) < 4.78 is 33.2. The summed E-state index contributed by atoms with van der Waals surface area (Å²) in [5.74, 6) is -3.38. The maximum absolute atomic E-state index is 13.7. The first-order valence-electron chi connectivity index (χ1n) is 13.6. The van der Waals surface area contributed by atoms with Gasteiger partial charge in [-0.3, -0.25) is 19.4 Å². The van der Waals surface area contributed by atoms with Gasteiger partial charge in [-0.2, -0.15) is 5.26 Å². The second kappa shape index (κ2) is 13.0. The average Bonchev–Trinajstić information content (AvgIpc) is 3.29. The maximum Gasteiger partial charge on any atom is 0.268 e. The Bertz CT molecular complexity index is 1280. The van der Waals surface area contributed by atoms with Crippen molar-refractivity contribution in [3.05, 3.63) is 36.0 Å². The fraction of sp³-hybridized carbons (Fsp3) is 0.536. The number of hydrogen-bond acceptors (Lipinski definition) is 7. The molecule has 4 rings (SSSR count). The molecule has 0 radical (unpaired) electrons. The second-order valence-corrected chi connectivity index (χ2v) is 10.4. The van der Waals surface area contributed by atoms with Gasteiger partial charge in [0.25, 0.3) is 11.8 Å². The number of nitrogens with zero attached hydrogens (tertiary/aromatic N) is 3. The van der Waals surface area contributed by atoms with Crippen LogP contribution in [-0.4, -0.2) is 72.4 Å². The molecule has 1 aromatic heterocycles. The number of halogens is 2. The van der Waals surface area contributed by atoms with E-state index in [1.165, 1.54) is 12.3 Å². The van der Waals surface area contributed by atoms with Crippen LogP contribution in [0.1, 0.15) is 48.9 Å². The smallest absolute Gasteiger partial charge is 0.268 e. The third-order valence-corrected chi connectivity index (χ3v) is 7.55. The van der Waals surface area contributed by atoms with Crippen LogP contribution < -0.4 is 21.1 Å². The SMILES string of the molecule is N#C[C@@H]1CC(F)(F)CN1C(=O)CNC(=O)c1ccnc2c(OCCCNC(=O)C3CCC(CN)CC3)cccc12. The van der Waals surface area contributed by atoms with Crippen molar-refractivity contribution in [2.45, 2.75) is 50.5 Å². The van der Waals surface area contributed by atoms with Crippen molar-refractivity contribution in [1.29, 1.82) is 5.26 Å². The average molecular weight is 557 g/mol. The monoisotopic (exact) mass is 556 g/mol. The molecular weight excluding hydrogens is 522 g/mol. The van der Waals surface area contributed by atoms with E-state index in [2.05, 4.69) is 15.6 Å². The zero-order valence-electron chi connectivity index (χ0n) is 22.2. The van der Waals surface area contributed by atoms with Crippen LogP contribution in [0.15, 0.2) is 30.5 Å². The third-order valence-electron chi connectivity index (χ3n) is 7.55. The lowest BCUT2D eigenvalue weighted by atomic mass is 9.81. The minimum atomic E-state index is -3.13. The van der Waals surface area contributed by atoms with E-state index in [9.17, 15) is 23.2 Å². The number of benzene rings is 1. The van der Waals surface area contributed by atoms with Gasteiger partial charge in [0.05, 0.1) is 31.3 Å². The Labute approximate surface area is 231 Å². The predicted molar refractivity (Wildman–Crippen MR) is 142 cm³/mol. The minimum Gasteiger partial charge on any atom is -0.491 e. The van der Waals surface area contributed by atoms with Gasteiger partial charge >= 0.3 is 0 Å². The molecular formula is C28H34F2N6O4. The lowest BCUT2D eigenvalue weighted by Crippen LogP contribution is -2.43. The Morgan fingerprint density at radius 2 is 1.95 bits per heavy atom. The number of nitrogens with one attached hydrogen (secondary N) is 2. The molecule has 2 aromatic rings. The highest BCUT2D eigenvalue weighted by atomic mass is 19.3. The number of nitriles is 1. The van der Waals surface area contributed by atoms with Gasteiger partial charge in [-0.1, -0.05) is 12.1 Å². The van der Waals surface area contributed by atoms with Crippen molar-refractivity contribution in [1.82, 2.24) is 20.5 Å². The number of fused-ring (bicyclic) bond motifs is 1. The normalized spacial score (nSPS) is 21.9. The lowest BCUT2D eigenvalue weighted by molar-refractivity contribution is -0.131. The molecule has 4 N–H and O–H groups in total. The Morgan fingerprint density at radius 1 is 1.18 bits per heavy atom. The fourth-order valence-corrected chi connectivity index (χ4v) is 5.28. The molecule has 1 aromatic carbocycles. The maximum atomic E-state index is 13.7. The second-order valence-electron chi connectivity index (χ2n) is 10.4. The quantitative estimate of drug-likeness (QED) is 0.380. The van der Waals surface area contributed by atoms with Gasteiger partial charge in [0, 0.05) is 30.5 Å². The zero-order valence-corrected chi connectivity index (χ0v) is 22.2. The molecule has 214 valence electrons. The van der Waals surface area contributed by atoms with Crippen LogP contribution in [0.25, 0.3) is 10.9 Å². The van der Waals surface area contributed by atoms with Crippen LogP contribution in [0.4, 0.5) is 8.78 Å². The van der Waals surface area contributed by atoms with Gasteiger partial charge in [-0.05, 0) is 56.7 Å². The summed E-state index contributed by atoms with van der Waals surface area (Å²) in [6.07, 6.45) is 5.01. The van der Waals surface area contributed by atoms with Crippen molar-refractivity contribution in [3.63, 3.8) is 0 Å². The van der Waals surface area contributed by atoms with Gasteiger partial charge in [0.2, 0.25) is 11.8 Å². The van der Waals surface area contributed by atoms with Crippen LogP contribution in [0.5, 0.6) is 5.75 Å². The first-order chi connectivity index (χ1) is 19.2. The van der Waals surface area contributed by atoms with E-state index in [1.54, 1.807) is 24.3 Å². The van der Waals surface area contributed by atoms with E-state index in [0.717, 1.165) is 30.6 Å². The van der Waals surface area contributed by atoms with E-state index in [4.69, 9.17) is 15.7 Å². The van der Waals surface area contributed by atoms with E-state index in [1.807, 2.05) is 0 Å². The number of carbonyl (C=O) groups excluding carboxylic acids is 3. The number of likely N-dealkylation sites (tertiary alicyclic amines) is 1. The van der Waals surface area contributed by atoms with Gasteiger partial charge in [0.15, 0.2) is 0 Å². The molecule has 1 aliphatic heterocycles. The molecule has 2 aliphatic rings. The summed E-state index contributed by atoms with van der Waals surface area (Å²) in [6.45, 7) is 0.107. The van der Waals surface area contributed by atoms with Gasteiger partial charge in [-0.15, -0.1) is 0 Å². The van der Waals surface area contributed by atoms with E-state index in [0.29, 0.717) is 48.7 Å². The summed E-state index contributed by atoms with van der Waals surface area (Å²) in [4.78, 5) is 42.9.